The lowest BCUT2D eigenvalue weighted by Gasteiger charge is -2.18. The van der Waals surface area contributed by atoms with E-state index >= 15 is 0 Å². The normalized spacial score (nSPS) is 12.4. The molecule has 0 spiro atoms. The summed E-state index contributed by atoms with van der Waals surface area (Å²) in [6, 6.07) is 7.80. The van der Waals surface area contributed by atoms with Gasteiger partial charge in [-0.25, -0.2) is 13.2 Å². The number of nitrogens with two attached hydrogens (primary N) is 1. The molecule has 0 fully saturated rings. The minimum atomic E-state index is -0.605. The average molecular weight is 294 g/mol. The Labute approximate surface area is 121 Å². The number of benzene rings is 2. The van der Waals surface area contributed by atoms with Crippen molar-refractivity contribution in [1.29, 1.82) is 0 Å². The quantitative estimate of drug-likeness (QED) is 0.657. The SMILES string of the molecule is Cc1ccc(F)cc1CC(Cc1c(F)cccc1F)NN. The maximum Gasteiger partial charge on any atom is 0.129 e. The molecule has 0 radical (unpaired) electrons. The monoisotopic (exact) mass is 294 g/mol. The van der Waals surface area contributed by atoms with E-state index in [1.807, 2.05) is 6.92 Å². The van der Waals surface area contributed by atoms with Crippen LogP contribution in [0.4, 0.5) is 13.2 Å². The van der Waals surface area contributed by atoms with E-state index in [-0.39, 0.29) is 17.8 Å². The molecule has 3 N–H and O–H groups in total. The lowest BCUT2D eigenvalue weighted by Crippen LogP contribution is -2.39. The Balaban J connectivity index is 2.19. The molecule has 0 amide bonds. The second-order valence-electron chi connectivity index (χ2n) is 5.04. The van der Waals surface area contributed by atoms with Gasteiger partial charge in [0, 0.05) is 11.6 Å². The van der Waals surface area contributed by atoms with Crippen molar-refractivity contribution in [3.8, 4) is 0 Å². The van der Waals surface area contributed by atoms with Crippen molar-refractivity contribution in [3.05, 3.63) is 70.5 Å². The molecule has 1 atom stereocenters. The van der Waals surface area contributed by atoms with E-state index < -0.39 is 17.7 Å². The molecule has 0 aromatic heterocycles. The molecule has 0 bridgehead atoms. The summed E-state index contributed by atoms with van der Waals surface area (Å²) in [4.78, 5) is 0. The zero-order chi connectivity index (χ0) is 15.4. The fraction of sp³-hybridized carbons (Fsp3) is 0.250. The molecule has 112 valence electrons. The zero-order valence-electron chi connectivity index (χ0n) is 11.7. The summed E-state index contributed by atoms with van der Waals surface area (Å²) in [5.74, 6) is 3.91. The first-order valence-corrected chi connectivity index (χ1v) is 6.65. The molecule has 0 aliphatic carbocycles. The molecule has 0 saturated carbocycles. The fourth-order valence-corrected chi connectivity index (χ4v) is 2.29. The van der Waals surface area contributed by atoms with Crippen LogP contribution in [0.5, 0.6) is 0 Å². The fourth-order valence-electron chi connectivity index (χ4n) is 2.29. The summed E-state index contributed by atoms with van der Waals surface area (Å²) in [6.45, 7) is 1.85. The molecule has 21 heavy (non-hydrogen) atoms. The van der Waals surface area contributed by atoms with E-state index in [2.05, 4.69) is 5.43 Å². The minimum Gasteiger partial charge on any atom is -0.271 e. The molecule has 2 aromatic carbocycles. The maximum absolute atomic E-state index is 13.7. The zero-order valence-corrected chi connectivity index (χ0v) is 11.7. The van der Waals surface area contributed by atoms with Crippen LogP contribution < -0.4 is 11.3 Å². The number of nitrogens with one attached hydrogen (secondary N) is 1. The molecule has 2 rings (SSSR count). The van der Waals surface area contributed by atoms with Gasteiger partial charge in [-0.15, -0.1) is 0 Å². The Morgan fingerprint density at radius 3 is 2.33 bits per heavy atom. The number of halogens is 3. The lowest BCUT2D eigenvalue weighted by molar-refractivity contribution is 0.483. The molecular weight excluding hydrogens is 277 g/mol. The van der Waals surface area contributed by atoms with Gasteiger partial charge in [-0.3, -0.25) is 11.3 Å². The predicted octanol–water partition coefficient (Wildman–Crippen LogP) is 3.03. The molecule has 2 aromatic rings. The van der Waals surface area contributed by atoms with Gasteiger partial charge < -0.3 is 0 Å². The third-order valence-corrected chi connectivity index (χ3v) is 3.53. The smallest absolute Gasteiger partial charge is 0.129 e. The number of aryl methyl sites for hydroxylation is 1. The summed E-state index contributed by atoms with van der Waals surface area (Å²) < 4.78 is 40.6. The predicted molar refractivity (Wildman–Crippen MR) is 76.0 cm³/mol. The van der Waals surface area contributed by atoms with Gasteiger partial charge in [-0.1, -0.05) is 12.1 Å². The first-order chi connectivity index (χ1) is 10.0. The van der Waals surface area contributed by atoms with Crippen molar-refractivity contribution in [3.63, 3.8) is 0 Å². The van der Waals surface area contributed by atoms with Crippen LogP contribution in [0.2, 0.25) is 0 Å². The van der Waals surface area contributed by atoms with Crippen LogP contribution in [-0.2, 0) is 12.8 Å². The Hall–Kier alpha value is -1.85. The lowest BCUT2D eigenvalue weighted by atomic mass is 9.96. The van der Waals surface area contributed by atoms with Gasteiger partial charge in [0.25, 0.3) is 0 Å². The molecule has 2 nitrogen and oxygen atoms in total. The standard InChI is InChI=1S/C16H17F3N2/c1-10-5-6-12(17)7-11(10)8-13(21-20)9-14-15(18)3-2-4-16(14)19/h2-7,13,21H,8-9,20H2,1H3. The highest BCUT2D eigenvalue weighted by Crippen LogP contribution is 2.18. The van der Waals surface area contributed by atoms with Crippen molar-refractivity contribution in [2.24, 2.45) is 5.84 Å². The Bertz CT molecular complexity index is 609. The van der Waals surface area contributed by atoms with Crippen LogP contribution in [0.1, 0.15) is 16.7 Å². The van der Waals surface area contributed by atoms with Gasteiger partial charge in [0.05, 0.1) is 0 Å². The van der Waals surface area contributed by atoms with Gasteiger partial charge in [0.15, 0.2) is 0 Å². The van der Waals surface area contributed by atoms with Crippen molar-refractivity contribution >= 4 is 0 Å². The van der Waals surface area contributed by atoms with Gasteiger partial charge in [-0.05, 0) is 55.2 Å². The third-order valence-electron chi connectivity index (χ3n) is 3.53. The van der Waals surface area contributed by atoms with Gasteiger partial charge in [0.2, 0.25) is 0 Å². The van der Waals surface area contributed by atoms with E-state index in [0.29, 0.717) is 6.42 Å². The molecule has 5 heteroatoms. The van der Waals surface area contributed by atoms with Crippen LogP contribution in [0, 0.1) is 24.4 Å². The van der Waals surface area contributed by atoms with Gasteiger partial charge >= 0.3 is 0 Å². The summed E-state index contributed by atoms with van der Waals surface area (Å²) in [7, 11) is 0. The minimum absolute atomic E-state index is 0.0190. The highest BCUT2D eigenvalue weighted by Gasteiger charge is 2.16. The van der Waals surface area contributed by atoms with E-state index in [4.69, 9.17) is 5.84 Å². The van der Waals surface area contributed by atoms with Crippen molar-refractivity contribution in [2.45, 2.75) is 25.8 Å². The summed E-state index contributed by atoms with van der Waals surface area (Å²) in [5.41, 5.74) is 4.19. The molecule has 1 unspecified atom stereocenters. The van der Waals surface area contributed by atoms with Gasteiger partial charge in [-0.2, -0.15) is 0 Å². The van der Waals surface area contributed by atoms with E-state index in [1.54, 1.807) is 6.07 Å². The number of hydrazine groups is 1. The maximum atomic E-state index is 13.7. The first-order valence-electron chi connectivity index (χ1n) is 6.65. The summed E-state index contributed by atoms with van der Waals surface area (Å²) in [6.07, 6.45) is 0.471. The Kier molecular flexibility index (Phi) is 4.98. The van der Waals surface area contributed by atoms with E-state index in [1.165, 1.54) is 30.3 Å². The number of hydrogen-bond acceptors (Lipinski definition) is 2. The topological polar surface area (TPSA) is 38.0 Å². The first kappa shape index (κ1) is 15.5. The second-order valence-corrected chi connectivity index (χ2v) is 5.04. The van der Waals surface area contributed by atoms with Crippen molar-refractivity contribution in [1.82, 2.24) is 5.43 Å². The molecule has 0 aliphatic heterocycles. The second kappa shape index (κ2) is 6.74. The third kappa shape index (κ3) is 3.83. The number of rotatable bonds is 5. The molecule has 0 saturated heterocycles. The van der Waals surface area contributed by atoms with Crippen molar-refractivity contribution < 1.29 is 13.2 Å². The van der Waals surface area contributed by atoms with Crippen molar-refractivity contribution in [2.75, 3.05) is 0 Å². The van der Waals surface area contributed by atoms with Gasteiger partial charge in [0.1, 0.15) is 17.5 Å². The Morgan fingerprint density at radius 1 is 1.05 bits per heavy atom. The summed E-state index contributed by atoms with van der Waals surface area (Å²) in [5, 5.41) is 0. The van der Waals surface area contributed by atoms with Crippen LogP contribution in [-0.4, -0.2) is 6.04 Å². The molecular formula is C16H17F3N2. The highest BCUT2D eigenvalue weighted by atomic mass is 19.1. The van der Waals surface area contributed by atoms with E-state index in [0.717, 1.165) is 11.1 Å². The van der Waals surface area contributed by atoms with Crippen LogP contribution in [0.25, 0.3) is 0 Å². The van der Waals surface area contributed by atoms with Crippen LogP contribution >= 0.6 is 0 Å². The highest BCUT2D eigenvalue weighted by molar-refractivity contribution is 5.28. The molecule has 0 heterocycles. The largest absolute Gasteiger partial charge is 0.271 e. The van der Waals surface area contributed by atoms with Crippen LogP contribution in [0.15, 0.2) is 36.4 Å². The Morgan fingerprint density at radius 2 is 1.71 bits per heavy atom. The molecule has 0 aliphatic rings. The number of hydrogen-bond donors (Lipinski definition) is 2. The van der Waals surface area contributed by atoms with E-state index in [9.17, 15) is 13.2 Å². The average Bonchev–Trinajstić information content (AvgIpc) is 2.45. The van der Waals surface area contributed by atoms with Crippen LogP contribution in [0.3, 0.4) is 0 Å². The summed E-state index contributed by atoms with van der Waals surface area (Å²) >= 11 is 0.